The van der Waals surface area contributed by atoms with Gasteiger partial charge in [-0.05, 0) is 73.9 Å². The molecular formula is C36H63NO11. The van der Waals surface area contributed by atoms with E-state index in [9.17, 15) is 20.1 Å². The highest BCUT2D eigenvalue weighted by Crippen LogP contribution is 2.47. The summed E-state index contributed by atoms with van der Waals surface area (Å²) in [7, 11) is 3.47. The fourth-order valence-corrected chi connectivity index (χ4v) is 8.58. The van der Waals surface area contributed by atoms with Gasteiger partial charge in [0.2, 0.25) is 0 Å². The molecule has 0 aliphatic carbocycles. The maximum atomic E-state index is 14.1. The Balaban J connectivity index is 1.83. The lowest BCUT2D eigenvalue weighted by Crippen LogP contribution is -2.59. The zero-order chi connectivity index (χ0) is 35.9. The summed E-state index contributed by atoms with van der Waals surface area (Å²) in [6.07, 6.45) is -4.53. The number of fused-ring (bicyclic) bond motifs is 2. The zero-order valence-corrected chi connectivity index (χ0v) is 31.1. The van der Waals surface area contributed by atoms with Crippen molar-refractivity contribution in [3.63, 3.8) is 0 Å². The summed E-state index contributed by atoms with van der Waals surface area (Å²) in [4.78, 5) is 14.1. The van der Waals surface area contributed by atoms with E-state index in [0.717, 1.165) is 5.57 Å². The van der Waals surface area contributed by atoms with Crippen LogP contribution in [0, 0.1) is 17.8 Å². The molecule has 12 nitrogen and oxygen atoms in total. The zero-order valence-electron chi connectivity index (χ0n) is 31.1. The molecule has 2 bridgehead atoms. The summed E-state index contributed by atoms with van der Waals surface area (Å²) in [6, 6.07) is -0.260. The number of hydrogen-bond donors (Lipinski definition) is 4. The van der Waals surface area contributed by atoms with Crippen LogP contribution in [-0.4, -0.2) is 114 Å². The Labute approximate surface area is 287 Å². The standard InChI is InChI=1S/C36H63NO11/c1-13-25-36(10,41)30(39)21(5)28-18(2)15-35(9,48-28)31(47-33-27(38)24(37-11)14-19(3)44-33)22(6)29(23(7)32(40)45-25)46-26-17-34(8,42-12)16-20(4)43-26/h19-27,29-31,33,37-39,41H,13-17H2,1-12H3/t19-,20+,21+,22+,23-,24+,25-,26+,27-,29+,30-,31-,33+,34+,35-,36-/m1/s1. The molecule has 4 heterocycles. The smallest absolute Gasteiger partial charge is 0.311 e. The molecule has 0 unspecified atom stereocenters. The summed E-state index contributed by atoms with van der Waals surface area (Å²) in [5.41, 5.74) is -2.41. The molecular weight excluding hydrogens is 622 g/mol. The molecule has 3 fully saturated rings. The molecule has 48 heavy (non-hydrogen) atoms. The van der Waals surface area contributed by atoms with Gasteiger partial charge in [-0.25, -0.2) is 0 Å². The van der Waals surface area contributed by atoms with Crippen LogP contribution in [0.5, 0.6) is 0 Å². The van der Waals surface area contributed by atoms with Crippen molar-refractivity contribution in [1.82, 2.24) is 5.32 Å². The van der Waals surface area contributed by atoms with Gasteiger partial charge in [-0.3, -0.25) is 4.79 Å². The second kappa shape index (κ2) is 15.1. The summed E-state index contributed by atoms with van der Waals surface area (Å²) in [5, 5.41) is 37.9. The molecule has 4 aliphatic heterocycles. The third-order valence-electron chi connectivity index (χ3n) is 11.4. The van der Waals surface area contributed by atoms with Crippen molar-refractivity contribution < 1.29 is 53.3 Å². The van der Waals surface area contributed by atoms with Crippen molar-refractivity contribution >= 4 is 5.97 Å². The van der Waals surface area contributed by atoms with E-state index in [1.165, 1.54) is 6.92 Å². The normalized spacial score (nSPS) is 49.4. The third kappa shape index (κ3) is 7.92. The summed E-state index contributed by atoms with van der Waals surface area (Å²) < 4.78 is 44.8. The molecule has 0 saturated carbocycles. The van der Waals surface area contributed by atoms with Crippen LogP contribution in [0.15, 0.2) is 11.3 Å². The minimum Gasteiger partial charge on any atom is -0.489 e. The van der Waals surface area contributed by atoms with E-state index in [2.05, 4.69) is 5.32 Å². The van der Waals surface area contributed by atoms with E-state index in [-0.39, 0.29) is 24.7 Å². The highest BCUT2D eigenvalue weighted by Gasteiger charge is 2.55. The maximum Gasteiger partial charge on any atom is 0.311 e. The number of hydrogen-bond acceptors (Lipinski definition) is 12. The van der Waals surface area contributed by atoms with Gasteiger partial charge in [0.15, 0.2) is 12.6 Å². The number of rotatable bonds is 7. The first-order valence-corrected chi connectivity index (χ1v) is 17.8. The molecule has 0 radical (unpaired) electrons. The van der Waals surface area contributed by atoms with Gasteiger partial charge in [0.05, 0.1) is 35.9 Å². The molecule has 16 atom stereocenters. The Morgan fingerprint density at radius 1 is 0.979 bits per heavy atom. The number of nitrogens with one attached hydrogen (secondary N) is 1. The second-order valence-electron chi connectivity index (χ2n) is 15.7. The predicted molar refractivity (Wildman–Crippen MR) is 178 cm³/mol. The topological polar surface area (TPSA) is 154 Å². The van der Waals surface area contributed by atoms with E-state index in [1.54, 1.807) is 34.9 Å². The van der Waals surface area contributed by atoms with Crippen molar-refractivity contribution in [3.05, 3.63) is 11.3 Å². The van der Waals surface area contributed by atoms with Crippen LogP contribution in [0.25, 0.3) is 0 Å². The number of carbonyl (C=O) groups is 1. The van der Waals surface area contributed by atoms with E-state index in [0.29, 0.717) is 31.4 Å². The van der Waals surface area contributed by atoms with E-state index in [1.807, 2.05) is 41.5 Å². The van der Waals surface area contributed by atoms with Crippen LogP contribution < -0.4 is 5.32 Å². The van der Waals surface area contributed by atoms with E-state index < -0.39 is 83.6 Å². The van der Waals surface area contributed by atoms with Gasteiger partial charge in [0, 0.05) is 44.2 Å². The Morgan fingerprint density at radius 2 is 1.65 bits per heavy atom. The second-order valence-corrected chi connectivity index (χ2v) is 15.7. The van der Waals surface area contributed by atoms with Gasteiger partial charge in [-0.2, -0.15) is 0 Å². The van der Waals surface area contributed by atoms with Gasteiger partial charge in [-0.1, -0.05) is 20.8 Å². The van der Waals surface area contributed by atoms with Crippen molar-refractivity contribution in [2.24, 2.45) is 17.8 Å². The number of aliphatic hydroxyl groups excluding tert-OH is 2. The first kappa shape index (κ1) is 39.4. The molecule has 278 valence electrons. The van der Waals surface area contributed by atoms with Crippen molar-refractivity contribution in [3.8, 4) is 0 Å². The lowest BCUT2D eigenvalue weighted by atomic mass is 9.78. The van der Waals surface area contributed by atoms with Crippen LogP contribution >= 0.6 is 0 Å². The largest absolute Gasteiger partial charge is 0.489 e. The molecule has 0 aromatic carbocycles. The lowest BCUT2D eigenvalue weighted by molar-refractivity contribution is -0.305. The Bertz CT molecular complexity index is 1150. The minimum absolute atomic E-state index is 0.161. The molecule has 4 N–H and O–H groups in total. The maximum absolute atomic E-state index is 14.1. The molecule has 0 aromatic heterocycles. The van der Waals surface area contributed by atoms with E-state index >= 15 is 0 Å². The lowest BCUT2D eigenvalue weighted by Gasteiger charge is -2.47. The number of methoxy groups -OCH3 is 1. The molecule has 4 rings (SSSR count). The molecule has 0 aromatic rings. The number of ether oxygens (including phenoxy) is 7. The van der Waals surface area contributed by atoms with Crippen LogP contribution in [-0.2, 0) is 38.0 Å². The van der Waals surface area contributed by atoms with Crippen LogP contribution in [0.3, 0.4) is 0 Å². The Hall–Kier alpha value is -1.35. The summed E-state index contributed by atoms with van der Waals surface area (Å²) in [6.45, 7) is 18.6. The average Bonchev–Trinajstić information content (AvgIpc) is 3.34. The summed E-state index contributed by atoms with van der Waals surface area (Å²) in [5.74, 6) is -2.07. The molecule has 0 spiro atoms. The SMILES string of the molecule is CC[C@H]1OC(=O)[C@H](C)[C@@H](O[C@H]2C[C@@](C)(OC)C[C@H](C)O2)[C@H](C)[C@@H](O[C@@H]2O[C@H](C)C[C@H](NC)[C@H]2O)[C@@]2(C)CC(C)=C(O2)[C@H](C)[C@@H](O)[C@]1(C)O. The van der Waals surface area contributed by atoms with Crippen molar-refractivity contribution in [2.45, 2.75) is 179 Å². The van der Waals surface area contributed by atoms with Gasteiger partial charge in [0.25, 0.3) is 0 Å². The highest BCUT2D eigenvalue weighted by atomic mass is 16.7. The number of aliphatic hydroxyl groups is 3. The van der Waals surface area contributed by atoms with Crippen molar-refractivity contribution in [1.29, 1.82) is 0 Å². The fourth-order valence-electron chi connectivity index (χ4n) is 8.58. The van der Waals surface area contributed by atoms with Crippen LogP contribution in [0.4, 0.5) is 0 Å². The van der Waals surface area contributed by atoms with Gasteiger partial charge in [0.1, 0.15) is 35.3 Å². The number of esters is 1. The van der Waals surface area contributed by atoms with Crippen LogP contribution in [0.2, 0.25) is 0 Å². The van der Waals surface area contributed by atoms with Crippen LogP contribution in [0.1, 0.15) is 101 Å². The number of likely N-dealkylation sites (N-methyl/N-ethyl adjacent to an activating group) is 1. The monoisotopic (exact) mass is 685 g/mol. The summed E-state index contributed by atoms with van der Waals surface area (Å²) >= 11 is 0. The Morgan fingerprint density at radius 3 is 2.25 bits per heavy atom. The average molecular weight is 686 g/mol. The first-order chi connectivity index (χ1) is 22.3. The molecule has 3 saturated heterocycles. The molecule has 12 heteroatoms. The molecule has 4 aliphatic rings. The number of carbonyl (C=O) groups excluding carboxylic acids is 1. The third-order valence-corrected chi connectivity index (χ3v) is 11.4. The number of cyclic esters (lactones) is 1. The highest BCUT2D eigenvalue weighted by molar-refractivity contribution is 5.73. The minimum atomic E-state index is -1.79. The van der Waals surface area contributed by atoms with Gasteiger partial charge in [-0.15, -0.1) is 0 Å². The van der Waals surface area contributed by atoms with E-state index in [4.69, 9.17) is 33.2 Å². The fraction of sp³-hybridized carbons (Fsp3) is 0.917. The van der Waals surface area contributed by atoms with Gasteiger partial charge < -0.3 is 53.8 Å². The first-order valence-electron chi connectivity index (χ1n) is 17.8. The van der Waals surface area contributed by atoms with Crippen molar-refractivity contribution in [2.75, 3.05) is 14.2 Å². The van der Waals surface area contributed by atoms with Gasteiger partial charge >= 0.3 is 5.97 Å². The predicted octanol–water partition coefficient (Wildman–Crippen LogP) is 3.58. The molecule has 0 amide bonds. The Kier molecular flexibility index (Phi) is 12.4. The quantitative estimate of drug-likeness (QED) is 0.290.